The van der Waals surface area contributed by atoms with Crippen molar-refractivity contribution >= 4 is 0 Å². The topological polar surface area (TPSA) is 28.2 Å². The van der Waals surface area contributed by atoms with Crippen molar-refractivity contribution in [1.82, 2.24) is 0 Å². The summed E-state index contributed by atoms with van der Waals surface area (Å²) in [6.45, 7) is 2.19. The fourth-order valence-corrected chi connectivity index (χ4v) is 2.26. The maximum Gasteiger partial charge on any atom is 2.00 e. The van der Waals surface area contributed by atoms with E-state index >= 15 is 0 Å². The van der Waals surface area contributed by atoms with Gasteiger partial charge in [0.25, 0.3) is 0 Å². The Morgan fingerprint density at radius 2 is 1.15 bits per heavy atom. The Bertz CT molecular complexity index is 113. The second-order valence-electron chi connectivity index (χ2n) is 3.94. The summed E-state index contributed by atoms with van der Waals surface area (Å²) in [5.41, 5.74) is 0. The number of nitrogens with zero attached hydrogens (tertiary/aromatic N) is 2. The minimum atomic E-state index is 0. The minimum absolute atomic E-state index is 0. The van der Waals surface area contributed by atoms with Crippen LogP contribution in [0.2, 0.25) is 0 Å². The molecule has 0 aromatic rings. The van der Waals surface area contributed by atoms with Gasteiger partial charge in [0.05, 0.1) is 0 Å². The van der Waals surface area contributed by atoms with Crippen LogP contribution in [0.25, 0.3) is 10.6 Å². The van der Waals surface area contributed by atoms with Crippen LogP contribution in [0, 0.1) is 0 Å². The summed E-state index contributed by atoms with van der Waals surface area (Å²) in [6, 6.07) is 1.19. The number of hydrogen-bond donors (Lipinski definition) is 0. The van der Waals surface area contributed by atoms with Crippen molar-refractivity contribution in [1.29, 1.82) is 0 Å². The summed E-state index contributed by atoms with van der Waals surface area (Å²) in [4.78, 5) is 0. The first-order valence-electron chi connectivity index (χ1n) is 5.30. The van der Waals surface area contributed by atoms with E-state index in [-0.39, 0.29) is 16.8 Å². The predicted octanol–water partition coefficient (Wildman–Crippen LogP) is 2.84. The van der Waals surface area contributed by atoms with Gasteiger partial charge in [0.1, 0.15) is 0 Å². The summed E-state index contributed by atoms with van der Waals surface area (Å²) >= 11 is 0. The molecule has 2 fully saturated rings. The van der Waals surface area contributed by atoms with E-state index in [1.807, 2.05) is 0 Å². The Kier molecular flexibility index (Phi) is 5.32. The van der Waals surface area contributed by atoms with E-state index in [1.54, 1.807) is 0 Å². The monoisotopic (exact) mass is 225 g/mol. The van der Waals surface area contributed by atoms with Gasteiger partial charge in [-0.05, 0) is 0 Å². The summed E-state index contributed by atoms with van der Waals surface area (Å²) < 4.78 is 0. The molecule has 2 unspecified atom stereocenters. The van der Waals surface area contributed by atoms with Gasteiger partial charge in [0.15, 0.2) is 0 Å². The smallest absolute Gasteiger partial charge is 0.661 e. The maximum atomic E-state index is 4.66. The molecule has 2 aliphatic heterocycles. The molecule has 77 valence electrons. The van der Waals surface area contributed by atoms with E-state index in [4.69, 9.17) is 0 Å². The summed E-state index contributed by atoms with van der Waals surface area (Å²) in [5.74, 6) is 0. The first kappa shape index (κ1) is 11.5. The zero-order valence-electron chi connectivity index (χ0n) is 8.04. The van der Waals surface area contributed by atoms with Crippen LogP contribution in [0.4, 0.5) is 0 Å². The predicted molar refractivity (Wildman–Crippen MR) is 51.7 cm³/mol. The van der Waals surface area contributed by atoms with E-state index in [0.717, 1.165) is 13.1 Å². The molecule has 2 rings (SSSR count). The molecule has 2 saturated heterocycles. The van der Waals surface area contributed by atoms with Crippen molar-refractivity contribution in [3.8, 4) is 0 Å². The molecule has 1 radical (unpaired) electrons. The molecule has 0 bridgehead atoms. The fourth-order valence-electron chi connectivity index (χ4n) is 2.26. The number of piperidine rings is 2. The Labute approximate surface area is 91.4 Å². The van der Waals surface area contributed by atoms with Gasteiger partial charge >= 0.3 is 16.8 Å². The van der Waals surface area contributed by atoms with Crippen LogP contribution in [0.15, 0.2) is 0 Å². The summed E-state index contributed by atoms with van der Waals surface area (Å²) in [6.07, 6.45) is 7.97. The van der Waals surface area contributed by atoms with E-state index in [2.05, 4.69) is 10.6 Å². The standard InChI is InChI=1S/C10H18N2.Co/c1-3-7-11-9(5-1)10-6-2-4-8-12-10;/h9-10H,1-8H2;/q-2;+2. The van der Waals surface area contributed by atoms with Gasteiger partial charge in [-0.2, -0.15) is 12.1 Å². The van der Waals surface area contributed by atoms with Crippen molar-refractivity contribution in [3.63, 3.8) is 0 Å². The van der Waals surface area contributed by atoms with Gasteiger partial charge in [-0.25, -0.2) is 0 Å². The molecule has 2 atom stereocenters. The Balaban J connectivity index is 0.000000845. The van der Waals surface area contributed by atoms with Gasteiger partial charge in [-0.15, -0.1) is 13.1 Å². The molecule has 0 aromatic heterocycles. The summed E-state index contributed by atoms with van der Waals surface area (Å²) in [5, 5.41) is 9.32. The molecule has 13 heavy (non-hydrogen) atoms. The van der Waals surface area contributed by atoms with Crippen molar-refractivity contribution in [2.45, 2.75) is 50.6 Å². The zero-order valence-corrected chi connectivity index (χ0v) is 9.08. The summed E-state index contributed by atoms with van der Waals surface area (Å²) in [7, 11) is 0. The minimum Gasteiger partial charge on any atom is -0.661 e. The van der Waals surface area contributed by atoms with Crippen molar-refractivity contribution < 1.29 is 16.8 Å². The Hall–Kier alpha value is 0.426. The molecule has 0 aliphatic carbocycles. The Morgan fingerprint density at radius 1 is 0.692 bits per heavy atom. The van der Waals surface area contributed by atoms with Crippen LogP contribution in [0.3, 0.4) is 0 Å². The first-order chi connectivity index (χ1) is 5.97. The number of hydrogen-bond acceptors (Lipinski definition) is 0. The molecule has 0 spiro atoms. The van der Waals surface area contributed by atoms with Crippen molar-refractivity contribution in [2.24, 2.45) is 0 Å². The van der Waals surface area contributed by atoms with Crippen LogP contribution >= 0.6 is 0 Å². The quantitative estimate of drug-likeness (QED) is 0.656. The van der Waals surface area contributed by atoms with Crippen LogP contribution < -0.4 is 0 Å². The van der Waals surface area contributed by atoms with E-state index in [9.17, 15) is 0 Å². The van der Waals surface area contributed by atoms with Gasteiger partial charge in [-0.1, -0.05) is 38.5 Å². The van der Waals surface area contributed by atoms with Crippen LogP contribution in [-0.4, -0.2) is 25.2 Å². The SMILES string of the molecule is C1CCC(C2CCCC[N-]2)[N-]C1.[Co+2]. The van der Waals surface area contributed by atoms with Crippen molar-refractivity contribution in [2.75, 3.05) is 13.1 Å². The fraction of sp³-hybridized carbons (Fsp3) is 1.00. The third-order valence-electron chi connectivity index (χ3n) is 2.99. The molecule has 3 heteroatoms. The molecule has 2 nitrogen and oxygen atoms in total. The third kappa shape index (κ3) is 3.24. The number of rotatable bonds is 1. The average molecular weight is 225 g/mol. The first-order valence-corrected chi connectivity index (χ1v) is 5.30. The van der Waals surface area contributed by atoms with Crippen molar-refractivity contribution in [3.05, 3.63) is 10.6 Å². The zero-order chi connectivity index (χ0) is 8.23. The van der Waals surface area contributed by atoms with Crippen LogP contribution in [-0.2, 0) is 16.8 Å². The van der Waals surface area contributed by atoms with Gasteiger partial charge in [0.2, 0.25) is 0 Å². The normalized spacial score (nSPS) is 35.1. The van der Waals surface area contributed by atoms with E-state index in [0.29, 0.717) is 12.1 Å². The molecule has 0 aromatic carbocycles. The third-order valence-corrected chi connectivity index (χ3v) is 2.99. The molecule has 2 heterocycles. The second kappa shape index (κ2) is 6.01. The van der Waals surface area contributed by atoms with E-state index in [1.165, 1.54) is 38.5 Å². The Morgan fingerprint density at radius 3 is 1.46 bits per heavy atom. The second-order valence-corrected chi connectivity index (χ2v) is 3.94. The average Bonchev–Trinajstić information content (AvgIpc) is 2.21. The van der Waals surface area contributed by atoms with Crippen LogP contribution in [0.5, 0.6) is 0 Å². The van der Waals surface area contributed by atoms with Gasteiger partial charge in [0, 0.05) is 0 Å². The van der Waals surface area contributed by atoms with Crippen LogP contribution in [0.1, 0.15) is 38.5 Å². The maximum absolute atomic E-state index is 4.66. The molecule has 0 N–H and O–H groups in total. The van der Waals surface area contributed by atoms with Gasteiger partial charge in [-0.3, -0.25) is 0 Å². The molecule has 2 aliphatic rings. The molecular weight excluding hydrogens is 207 g/mol. The molecule has 0 saturated carbocycles. The van der Waals surface area contributed by atoms with Gasteiger partial charge < -0.3 is 10.6 Å². The molecular formula is C10H18CoN2. The molecule has 0 amide bonds. The van der Waals surface area contributed by atoms with E-state index < -0.39 is 0 Å². The largest absolute Gasteiger partial charge is 2.00 e.